The maximum absolute atomic E-state index is 12.4. The molecule has 0 spiro atoms. The van der Waals surface area contributed by atoms with E-state index < -0.39 is 18.5 Å². The molecule has 0 heterocycles. The van der Waals surface area contributed by atoms with Gasteiger partial charge in [0, 0.05) is 24.1 Å². The van der Waals surface area contributed by atoms with E-state index in [4.69, 9.17) is 9.47 Å². The highest BCUT2D eigenvalue weighted by Crippen LogP contribution is 2.20. The van der Waals surface area contributed by atoms with Gasteiger partial charge < -0.3 is 14.8 Å². The number of carbonyl (C=O) groups excluding carboxylic acids is 3. The fourth-order valence-corrected chi connectivity index (χ4v) is 3.15. The zero-order valence-electron chi connectivity index (χ0n) is 17.9. The number of amides is 1. The van der Waals surface area contributed by atoms with Gasteiger partial charge in [0.15, 0.2) is 12.4 Å². The van der Waals surface area contributed by atoms with Crippen LogP contribution >= 0.6 is 0 Å². The largest absolute Gasteiger partial charge is 0.496 e. The third-order valence-corrected chi connectivity index (χ3v) is 4.90. The van der Waals surface area contributed by atoms with Crippen LogP contribution in [0, 0.1) is 0 Å². The van der Waals surface area contributed by atoms with Crippen LogP contribution in [0.15, 0.2) is 78.9 Å². The van der Waals surface area contributed by atoms with Crippen molar-refractivity contribution in [2.45, 2.75) is 19.4 Å². The fraction of sp³-hybridized carbons (Fsp3) is 0.192. The Bertz CT molecular complexity index is 1060. The van der Waals surface area contributed by atoms with Crippen molar-refractivity contribution in [2.75, 3.05) is 13.7 Å². The number of ether oxygens (including phenoxy) is 2. The van der Waals surface area contributed by atoms with Crippen LogP contribution in [0.4, 0.5) is 0 Å². The van der Waals surface area contributed by atoms with Crippen LogP contribution < -0.4 is 10.1 Å². The van der Waals surface area contributed by atoms with Crippen LogP contribution in [0.3, 0.4) is 0 Å². The first-order chi connectivity index (χ1) is 15.6. The SMILES string of the molecule is COc1ccccc1CNC(=O)COC(=O)CCC(=O)c1ccc(-c2ccccc2)cc1. The number of hydrogen-bond donors (Lipinski definition) is 1. The van der Waals surface area contributed by atoms with Crippen molar-refractivity contribution in [3.05, 3.63) is 90.0 Å². The van der Waals surface area contributed by atoms with E-state index in [9.17, 15) is 14.4 Å². The minimum Gasteiger partial charge on any atom is -0.496 e. The number of ketones is 1. The number of carbonyl (C=O) groups is 3. The summed E-state index contributed by atoms with van der Waals surface area (Å²) in [4.78, 5) is 36.2. The molecule has 0 aliphatic rings. The summed E-state index contributed by atoms with van der Waals surface area (Å²) >= 11 is 0. The van der Waals surface area contributed by atoms with Gasteiger partial charge in [-0.05, 0) is 17.2 Å². The predicted octanol–water partition coefficient (Wildman–Crippen LogP) is 4.18. The van der Waals surface area contributed by atoms with Crippen LogP contribution in [-0.4, -0.2) is 31.4 Å². The molecule has 1 amide bonds. The minimum absolute atomic E-state index is 0.0202. The van der Waals surface area contributed by atoms with Gasteiger partial charge in [0.1, 0.15) is 5.75 Å². The van der Waals surface area contributed by atoms with Gasteiger partial charge in [0.2, 0.25) is 0 Å². The summed E-state index contributed by atoms with van der Waals surface area (Å²) in [5, 5.41) is 2.68. The molecule has 0 aliphatic carbocycles. The molecular formula is C26H25NO5. The second-order valence-corrected chi connectivity index (χ2v) is 7.12. The highest BCUT2D eigenvalue weighted by Gasteiger charge is 2.13. The van der Waals surface area contributed by atoms with E-state index in [0.29, 0.717) is 11.3 Å². The molecule has 3 rings (SSSR count). The highest BCUT2D eigenvalue weighted by molar-refractivity contribution is 5.98. The Morgan fingerprint density at radius 3 is 2.16 bits per heavy atom. The Labute approximate surface area is 187 Å². The molecule has 6 nitrogen and oxygen atoms in total. The second kappa shape index (κ2) is 11.5. The summed E-state index contributed by atoms with van der Waals surface area (Å²) in [5.41, 5.74) is 3.44. The predicted molar refractivity (Wildman–Crippen MR) is 121 cm³/mol. The molecule has 0 saturated carbocycles. The smallest absolute Gasteiger partial charge is 0.306 e. The van der Waals surface area contributed by atoms with Crippen molar-refractivity contribution < 1.29 is 23.9 Å². The molecule has 0 bridgehead atoms. The molecule has 0 aliphatic heterocycles. The molecule has 0 radical (unpaired) electrons. The molecule has 6 heteroatoms. The molecule has 164 valence electrons. The van der Waals surface area contributed by atoms with E-state index in [1.54, 1.807) is 25.3 Å². The van der Waals surface area contributed by atoms with E-state index in [-0.39, 0.29) is 25.2 Å². The number of nitrogens with one attached hydrogen (secondary N) is 1. The molecule has 1 N–H and O–H groups in total. The van der Waals surface area contributed by atoms with Crippen molar-refractivity contribution in [1.29, 1.82) is 0 Å². The van der Waals surface area contributed by atoms with E-state index >= 15 is 0 Å². The Morgan fingerprint density at radius 1 is 0.781 bits per heavy atom. The standard InChI is InChI=1S/C26H25NO5/c1-31-24-10-6-5-9-22(24)17-27-25(29)18-32-26(30)16-15-23(28)21-13-11-20(12-14-21)19-7-3-2-4-8-19/h2-14H,15-18H2,1H3,(H,27,29). The lowest BCUT2D eigenvalue weighted by atomic mass is 10.0. The monoisotopic (exact) mass is 431 g/mol. The third kappa shape index (κ3) is 6.54. The zero-order chi connectivity index (χ0) is 22.8. The van der Waals surface area contributed by atoms with Gasteiger partial charge >= 0.3 is 5.97 Å². The number of para-hydroxylation sites is 1. The molecule has 3 aromatic rings. The van der Waals surface area contributed by atoms with Crippen molar-refractivity contribution in [3.63, 3.8) is 0 Å². The minimum atomic E-state index is -0.591. The first-order valence-corrected chi connectivity index (χ1v) is 10.3. The molecule has 0 unspecified atom stereocenters. The van der Waals surface area contributed by atoms with Gasteiger partial charge in [0.25, 0.3) is 5.91 Å². The van der Waals surface area contributed by atoms with E-state index in [1.807, 2.05) is 60.7 Å². The lowest BCUT2D eigenvalue weighted by molar-refractivity contribution is -0.148. The summed E-state index contributed by atoms with van der Waals surface area (Å²) in [6.45, 7) is -0.133. The maximum Gasteiger partial charge on any atom is 0.306 e. The molecule has 0 saturated heterocycles. The average Bonchev–Trinajstić information content (AvgIpc) is 2.85. The number of methoxy groups -OCH3 is 1. The van der Waals surface area contributed by atoms with E-state index in [0.717, 1.165) is 16.7 Å². The van der Waals surface area contributed by atoms with E-state index in [1.165, 1.54) is 0 Å². The van der Waals surface area contributed by atoms with Gasteiger partial charge in [-0.1, -0.05) is 72.8 Å². The number of rotatable bonds is 10. The second-order valence-electron chi connectivity index (χ2n) is 7.12. The molecule has 32 heavy (non-hydrogen) atoms. The molecule has 0 fully saturated rings. The normalized spacial score (nSPS) is 10.3. The van der Waals surface area contributed by atoms with Crippen LogP contribution in [0.5, 0.6) is 5.75 Å². The van der Waals surface area contributed by atoms with Crippen LogP contribution in [0.1, 0.15) is 28.8 Å². The quantitative estimate of drug-likeness (QED) is 0.385. The topological polar surface area (TPSA) is 81.7 Å². The Hall–Kier alpha value is -3.93. The first kappa shape index (κ1) is 22.7. The van der Waals surface area contributed by atoms with Crippen LogP contribution in [0.25, 0.3) is 11.1 Å². The summed E-state index contributed by atoms with van der Waals surface area (Å²) in [5.74, 6) is -0.499. The van der Waals surface area contributed by atoms with Crippen molar-refractivity contribution in [1.82, 2.24) is 5.32 Å². The Kier molecular flexibility index (Phi) is 8.15. The Balaban J connectivity index is 1.39. The summed E-state index contributed by atoms with van der Waals surface area (Å²) < 4.78 is 10.2. The number of Topliss-reactive ketones (excluding diaryl/α,β-unsaturated/α-hetero) is 1. The molecule has 0 atom stereocenters. The first-order valence-electron chi connectivity index (χ1n) is 10.3. The van der Waals surface area contributed by atoms with Gasteiger partial charge in [-0.2, -0.15) is 0 Å². The van der Waals surface area contributed by atoms with Crippen molar-refractivity contribution in [2.24, 2.45) is 0 Å². The number of hydrogen-bond acceptors (Lipinski definition) is 5. The number of benzene rings is 3. The van der Waals surface area contributed by atoms with Gasteiger partial charge in [-0.15, -0.1) is 0 Å². The zero-order valence-corrected chi connectivity index (χ0v) is 17.9. The lowest BCUT2D eigenvalue weighted by Gasteiger charge is -2.10. The van der Waals surface area contributed by atoms with Crippen LogP contribution in [0.2, 0.25) is 0 Å². The van der Waals surface area contributed by atoms with Gasteiger partial charge in [-0.3, -0.25) is 14.4 Å². The summed E-state index contributed by atoms with van der Waals surface area (Å²) in [7, 11) is 1.56. The van der Waals surface area contributed by atoms with Crippen molar-refractivity contribution in [3.8, 4) is 16.9 Å². The highest BCUT2D eigenvalue weighted by atomic mass is 16.5. The lowest BCUT2D eigenvalue weighted by Crippen LogP contribution is -2.28. The van der Waals surface area contributed by atoms with Gasteiger partial charge in [-0.25, -0.2) is 0 Å². The maximum atomic E-state index is 12.4. The molecular weight excluding hydrogens is 406 g/mol. The molecule has 0 aromatic heterocycles. The third-order valence-electron chi connectivity index (χ3n) is 4.90. The summed E-state index contributed by atoms with van der Waals surface area (Å²) in [6.07, 6.45) is -0.0641. The van der Waals surface area contributed by atoms with Crippen LogP contribution in [-0.2, 0) is 20.9 Å². The van der Waals surface area contributed by atoms with Crippen molar-refractivity contribution >= 4 is 17.7 Å². The van der Waals surface area contributed by atoms with E-state index in [2.05, 4.69) is 5.32 Å². The fourth-order valence-electron chi connectivity index (χ4n) is 3.15. The van der Waals surface area contributed by atoms with Gasteiger partial charge in [0.05, 0.1) is 13.5 Å². The number of esters is 1. The molecule has 3 aromatic carbocycles. The Morgan fingerprint density at radius 2 is 1.44 bits per heavy atom. The average molecular weight is 431 g/mol. The summed E-state index contributed by atoms with van der Waals surface area (Å²) in [6, 6.07) is 24.4.